The Morgan fingerprint density at radius 2 is 1.86 bits per heavy atom. The van der Waals surface area contributed by atoms with Crippen LogP contribution in [0.1, 0.15) is 44.3 Å². The van der Waals surface area contributed by atoms with E-state index in [0.717, 1.165) is 5.56 Å². The van der Waals surface area contributed by atoms with Crippen LogP contribution in [0.3, 0.4) is 0 Å². The van der Waals surface area contributed by atoms with E-state index in [-0.39, 0.29) is 22.9 Å². The Kier molecular flexibility index (Phi) is 7.24. The van der Waals surface area contributed by atoms with Crippen molar-refractivity contribution in [3.63, 3.8) is 0 Å². The van der Waals surface area contributed by atoms with E-state index in [2.05, 4.69) is 26.8 Å². The highest BCUT2D eigenvalue weighted by Crippen LogP contribution is 2.26. The van der Waals surface area contributed by atoms with Gasteiger partial charge in [0, 0.05) is 23.7 Å². The lowest BCUT2D eigenvalue weighted by Crippen LogP contribution is -2.26. The number of nitrogens with zero attached hydrogens (tertiary/aromatic N) is 4. The Hall–Kier alpha value is -4.42. The highest BCUT2D eigenvalue weighted by molar-refractivity contribution is 6.30. The number of carbonyl (C=O) groups is 2. The number of hydrogen-bond donors (Lipinski definition) is 2. The lowest BCUT2D eigenvalue weighted by molar-refractivity contribution is 0.0918. The summed E-state index contributed by atoms with van der Waals surface area (Å²) in [5.41, 5.74) is 2.27. The van der Waals surface area contributed by atoms with Crippen molar-refractivity contribution in [1.29, 1.82) is 5.26 Å². The summed E-state index contributed by atoms with van der Waals surface area (Å²) >= 11 is 6.03. The summed E-state index contributed by atoms with van der Waals surface area (Å²) in [5.74, 6) is -0.394. The van der Waals surface area contributed by atoms with Gasteiger partial charge in [-0.05, 0) is 37.6 Å². The molecule has 0 aliphatic rings. The van der Waals surface area contributed by atoms with Gasteiger partial charge in [0.2, 0.25) is 5.78 Å². The summed E-state index contributed by atoms with van der Waals surface area (Å²) in [5, 5.41) is 20.9. The Morgan fingerprint density at radius 3 is 2.51 bits per heavy atom. The average Bonchev–Trinajstić information content (AvgIpc) is 3.53. The maximum Gasteiger partial charge on any atom is 0.307 e. The Balaban J connectivity index is 1.57. The highest BCUT2D eigenvalue weighted by Gasteiger charge is 2.25. The first-order valence-corrected chi connectivity index (χ1v) is 11.2. The van der Waals surface area contributed by atoms with Gasteiger partial charge in [0.15, 0.2) is 5.69 Å². The molecule has 0 saturated heterocycles. The van der Waals surface area contributed by atoms with Crippen molar-refractivity contribution >= 4 is 29.1 Å². The number of ketones is 1. The minimum Gasteiger partial charge on any atom is -0.441 e. The van der Waals surface area contributed by atoms with E-state index >= 15 is 0 Å². The van der Waals surface area contributed by atoms with Crippen molar-refractivity contribution in [2.45, 2.75) is 13.3 Å². The van der Waals surface area contributed by atoms with Gasteiger partial charge in [-0.3, -0.25) is 9.59 Å². The normalized spacial score (nSPS) is 10.5. The number of amides is 1. The summed E-state index contributed by atoms with van der Waals surface area (Å²) in [7, 11) is 0. The molecule has 176 valence electrons. The predicted octanol–water partition coefficient (Wildman–Crippen LogP) is 4.16. The Morgan fingerprint density at radius 1 is 1.11 bits per heavy atom. The largest absolute Gasteiger partial charge is 0.441 e. The van der Waals surface area contributed by atoms with Crippen LogP contribution in [0.15, 0.2) is 65.4 Å². The van der Waals surface area contributed by atoms with Crippen LogP contribution < -0.4 is 10.6 Å². The van der Waals surface area contributed by atoms with Gasteiger partial charge in [0.05, 0.1) is 11.9 Å². The molecule has 2 N–H and O–H groups in total. The molecule has 2 heterocycles. The van der Waals surface area contributed by atoms with Crippen LogP contribution in [0, 0.1) is 18.3 Å². The smallest absolute Gasteiger partial charge is 0.307 e. The van der Waals surface area contributed by atoms with Gasteiger partial charge in [0.25, 0.3) is 5.89 Å². The summed E-state index contributed by atoms with van der Waals surface area (Å²) in [6.45, 7) is 2.68. The third kappa shape index (κ3) is 5.39. The zero-order chi connectivity index (χ0) is 24.8. The van der Waals surface area contributed by atoms with E-state index in [9.17, 15) is 14.9 Å². The molecule has 2 aromatic carbocycles. The van der Waals surface area contributed by atoms with Crippen molar-refractivity contribution in [1.82, 2.24) is 20.1 Å². The van der Waals surface area contributed by atoms with Crippen LogP contribution in [0.5, 0.6) is 0 Å². The SMILES string of the molecule is Cc1ccc(C(=O)c2nn(-c3ccc(Cl)cc3)c(NCCCNC(=O)c3ncco3)c2C#N)cc1. The number of carbonyl (C=O) groups excluding carboxylic acids is 2. The van der Waals surface area contributed by atoms with Gasteiger partial charge in [0.1, 0.15) is 23.7 Å². The number of aryl methyl sites for hydroxylation is 1. The molecule has 0 fully saturated rings. The van der Waals surface area contributed by atoms with E-state index in [1.165, 1.54) is 17.1 Å². The first-order valence-electron chi connectivity index (χ1n) is 10.8. The first kappa shape index (κ1) is 23.7. The second-order valence-corrected chi connectivity index (χ2v) is 8.08. The number of aromatic nitrogens is 3. The zero-order valence-corrected chi connectivity index (χ0v) is 19.5. The fraction of sp³-hybridized carbons (Fsp3) is 0.160. The number of nitriles is 1. The molecule has 10 heteroatoms. The Bertz CT molecular complexity index is 1370. The molecule has 0 bridgehead atoms. The maximum atomic E-state index is 13.2. The van der Waals surface area contributed by atoms with Crippen LogP contribution in [-0.2, 0) is 0 Å². The van der Waals surface area contributed by atoms with E-state index in [4.69, 9.17) is 16.0 Å². The monoisotopic (exact) mass is 488 g/mol. The summed E-state index contributed by atoms with van der Waals surface area (Å²) in [6, 6.07) is 16.1. The minimum absolute atomic E-state index is 0.00944. The van der Waals surface area contributed by atoms with Gasteiger partial charge in [-0.2, -0.15) is 10.4 Å². The second kappa shape index (κ2) is 10.7. The summed E-state index contributed by atoms with van der Waals surface area (Å²) in [4.78, 5) is 29.0. The molecule has 9 nitrogen and oxygen atoms in total. The van der Waals surface area contributed by atoms with Crippen molar-refractivity contribution in [2.24, 2.45) is 0 Å². The molecule has 0 saturated carbocycles. The van der Waals surface area contributed by atoms with Gasteiger partial charge in [-0.1, -0.05) is 41.4 Å². The number of anilines is 1. The van der Waals surface area contributed by atoms with Gasteiger partial charge >= 0.3 is 5.91 Å². The molecule has 0 atom stereocenters. The van der Waals surface area contributed by atoms with E-state index in [1.54, 1.807) is 36.4 Å². The lowest BCUT2D eigenvalue weighted by Gasteiger charge is -2.10. The fourth-order valence-corrected chi connectivity index (χ4v) is 3.49. The molecule has 1 amide bonds. The number of benzene rings is 2. The average molecular weight is 489 g/mol. The molecular formula is C25H21ClN6O3. The standard InChI is InChI=1S/C25H21ClN6O3/c1-16-3-5-17(6-4-16)22(33)21-20(15-27)23(32(31-21)19-9-7-18(26)8-10-19)28-11-2-12-29-24(34)25-30-13-14-35-25/h3-10,13-14,28H,2,11-12H2,1H3,(H,29,34). The molecule has 0 unspecified atom stereocenters. The number of halogens is 1. The second-order valence-electron chi connectivity index (χ2n) is 7.64. The highest BCUT2D eigenvalue weighted by atomic mass is 35.5. The van der Waals surface area contributed by atoms with Crippen molar-refractivity contribution in [2.75, 3.05) is 18.4 Å². The zero-order valence-electron chi connectivity index (χ0n) is 18.8. The first-order chi connectivity index (χ1) is 17.0. The molecule has 2 aromatic heterocycles. The minimum atomic E-state index is -0.412. The lowest BCUT2D eigenvalue weighted by atomic mass is 10.0. The topological polar surface area (TPSA) is 126 Å². The van der Waals surface area contributed by atoms with Crippen LogP contribution in [-0.4, -0.2) is 39.5 Å². The third-order valence-corrected chi connectivity index (χ3v) is 5.41. The van der Waals surface area contributed by atoms with Gasteiger partial charge in [-0.25, -0.2) is 9.67 Å². The number of nitrogens with one attached hydrogen (secondary N) is 2. The predicted molar refractivity (Wildman–Crippen MR) is 130 cm³/mol. The molecule has 0 aliphatic carbocycles. The van der Waals surface area contributed by atoms with Crippen molar-refractivity contribution in [3.05, 3.63) is 94.3 Å². The van der Waals surface area contributed by atoms with E-state index < -0.39 is 5.91 Å². The van der Waals surface area contributed by atoms with Crippen LogP contribution in [0.25, 0.3) is 5.69 Å². The summed E-state index contributed by atoms with van der Waals surface area (Å²) in [6.07, 6.45) is 3.25. The number of rotatable bonds is 9. The maximum absolute atomic E-state index is 13.2. The van der Waals surface area contributed by atoms with E-state index in [1.807, 2.05) is 19.1 Å². The van der Waals surface area contributed by atoms with Gasteiger partial charge in [-0.15, -0.1) is 0 Å². The molecule has 0 spiro atoms. The molecular weight excluding hydrogens is 468 g/mol. The fourth-order valence-electron chi connectivity index (χ4n) is 3.37. The number of hydrogen-bond acceptors (Lipinski definition) is 7. The van der Waals surface area contributed by atoms with Gasteiger partial charge < -0.3 is 15.1 Å². The van der Waals surface area contributed by atoms with Crippen LogP contribution >= 0.6 is 11.6 Å². The molecule has 35 heavy (non-hydrogen) atoms. The van der Waals surface area contributed by atoms with E-state index in [0.29, 0.717) is 41.6 Å². The van der Waals surface area contributed by atoms with Crippen molar-refractivity contribution in [3.8, 4) is 11.8 Å². The van der Waals surface area contributed by atoms with Crippen LogP contribution in [0.4, 0.5) is 5.82 Å². The molecule has 4 aromatic rings. The molecule has 0 radical (unpaired) electrons. The molecule has 0 aliphatic heterocycles. The molecule has 4 rings (SSSR count). The Labute approximate surface area is 206 Å². The van der Waals surface area contributed by atoms with Crippen LogP contribution in [0.2, 0.25) is 5.02 Å². The number of oxazole rings is 1. The quantitative estimate of drug-likeness (QED) is 0.267. The third-order valence-electron chi connectivity index (χ3n) is 5.16. The van der Waals surface area contributed by atoms with Crippen molar-refractivity contribution < 1.29 is 14.0 Å². The summed E-state index contributed by atoms with van der Waals surface area (Å²) < 4.78 is 6.48.